The fraction of sp³-hybridized carbons (Fsp3) is 0. The first-order valence-electron chi connectivity index (χ1n) is 9.90. The van der Waals surface area contributed by atoms with E-state index in [9.17, 15) is 39.3 Å². The number of nitrogens with zero attached hydrogens (tertiary/aromatic N) is 2. The minimum atomic E-state index is -1.02. The van der Waals surface area contributed by atoms with Crippen LogP contribution >= 0.6 is 0 Å². The second-order valence-electron chi connectivity index (χ2n) is 7.19. The fourth-order valence-corrected chi connectivity index (χ4v) is 3.33. The zero-order valence-corrected chi connectivity index (χ0v) is 21.7. The normalized spacial score (nSPS) is 14.7. The van der Waals surface area contributed by atoms with Crippen molar-refractivity contribution in [2.24, 2.45) is 0 Å². The number of allylic oxidation sites excluding steroid dienone is 2. The van der Waals surface area contributed by atoms with Crippen LogP contribution in [-0.2, 0) is 9.59 Å². The Morgan fingerprint density at radius 1 is 0.889 bits per heavy atom. The number of rotatable bonds is 4. The quantitative estimate of drug-likeness (QED) is 0.164. The van der Waals surface area contributed by atoms with Gasteiger partial charge in [-0.25, -0.2) is 14.5 Å². The van der Waals surface area contributed by atoms with Gasteiger partial charge in [-0.05, 0) is 42.3 Å². The summed E-state index contributed by atoms with van der Waals surface area (Å²) in [6, 6.07) is 9.46. The molecule has 36 heavy (non-hydrogen) atoms. The Morgan fingerprint density at radius 3 is 2.14 bits per heavy atom. The molecule has 0 unspecified atom stereocenters. The SMILES string of the molecule is O=C1NC(=O)N(c2cccc(O)c2)C(=O)/C1=C/C=C/c1c([O-])n(-c2cccc(O)c2)c(=O)[nH]c1=O.[K+]. The molecule has 13 heteroatoms. The minimum Gasteiger partial charge on any atom is -0.859 e. The molecule has 0 bridgehead atoms. The van der Waals surface area contributed by atoms with Crippen LogP contribution in [0.25, 0.3) is 11.8 Å². The molecule has 1 fully saturated rings. The molecule has 4 N–H and O–H groups in total. The fourth-order valence-electron chi connectivity index (χ4n) is 3.33. The Morgan fingerprint density at radius 2 is 1.50 bits per heavy atom. The van der Waals surface area contributed by atoms with Crippen molar-refractivity contribution in [3.05, 3.63) is 92.7 Å². The van der Waals surface area contributed by atoms with Gasteiger partial charge in [0.25, 0.3) is 17.4 Å². The number of benzene rings is 2. The molecule has 12 nitrogen and oxygen atoms in total. The van der Waals surface area contributed by atoms with Crippen molar-refractivity contribution >= 4 is 29.6 Å². The van der Waals surface area contributed by atoms with Crippen LogP contribution in [0.3, 0.4) is 0 Å². The number of H-pyrrole nitrogens is 1. The van der Waals surface area contributed by atoms with Crippen LogP contribution in [-0.4, -0.2) is 37.6 Å². The maximum Gasteiger partial charge on any atom is 1.00 e. The van der Waals surface area contributed by atoms with Gasteiger partial charge < -0.3 is 15.3 Å². The van der Waals surface area contributed by atoms with Gasteiger partial charge in [-0.1, -0.05) is 18.2 Å². The van der Waals surface area contributed by atoms with Gasteiger partial charge in [-0.2, -0.15) is 0 Å². The number of anilines is 1. The van der Waals surface area contributed by atoms with E-state index >= 15 is 0 Å². The minimum absolute atomic E-state index is 0. The summed E-state index contributed by atoms with van der Waals surface area (Å²) >= 11 is 0. The van der Waals surface area contributed by atoms with E-state index < -0.39 is 46.1 Å². The van der Waals surface area contributed by atoms with E-state index in [1.54, 1.807) is 0 Å². The van der Waals surface area contributed by atoms with E-state index in [4.69, 9.17) is 0 Å². The number of urea groups is 1. The largest absolute Gasteiger partial charge is 1.00 e. The van der Waals surface area contributed by atoms with Gasteiger partial charge in [0.1, 0.15) is 17.1 Å². The summed E-state index contributed by atoms with van der Waals surface area (Å²) in [6.45, 7) is 0. The Kier molecular flexibility index (Phi) is 8.12. The first kappa shape index (κ1) is 26.8. The number of amides is 4. The third-order valence-corrected chi connectivity index (χ3v) is 4.91. The molecule has 4 amide bonds. The number of imide groups is 2. The van der Waals surface area contributed by atoms with E-state index in [0.717, 1.165) is 30.4 Å². The number of aromatic amines is 1. The smallest absolute Gasteiger partial charge is 0.859 e. The summed E-state index contributed by atoms with van der Waals surface area (Å²) in [5, 5.41) is 34.1. The Hall–Kier alpha value is -3.75. The summed E-state index contributed by atoms with van der Waals surface area (Å²) in [7, 11) is 0. The zero-order valence-electron chi connectivity index (χ0n) is 18.6. The molecule has 1 aliphatic heterocycles. The number of barbiturate groups is 1. The van der Waals surface area contributed by atoms with Crippen LogP contribution in [0.2, 0.25) is 0 Å². The molecule has 2 aromatic carbocycles. The maximum atomic E-state index is 12.8. The molecular weight excluding hydrogens is 499 g/mol. The number of aromatic nitrogens is 2. The molecule has 0 saturated carbocycles. The van der Waals surface area contributed by atoms with E-state index in [1.165, 1.54) is 36.4 Å². The van der Waals surface area contributed by atoms with Crippen molar-refractivity contribution in [2.75, 3.05) is 4.90 Å². The number of carbonyl (C=O) groups is 3. The average Bonchev–Trinajstić information content (AvgIpc) is 2.77. The number of carbonyl (C=O) groups excluding carboxylic acids is 3. The van der Waals surface area contributed by atoms with E-state index in [0.29, 0.717) is 9.47 Å². The summed E-state index contributed by atoms with van der Waals surface area (Å²) in [5.74, 6) is -3.45. The number of phenols is 2. The van der Waals surface area contributed by atoms with E-state index in [1.807, 2.05) is 10.3 Å². The number of phenolic OH excluding ortho intramolecular Hbond substituents is 2. The molecule has 0 atom stereocenters. The molecular formula is C23H15KN4O8. The second-order valence-corrected chi connectivity index (χ2v) is 7.19. The van der Waals surface area contributed by atoms with E-state index in [-0.39, 0.29) is 74.3 Å². The Labute approximate surface area is 244 Å². The standard InChI is InChI=1S/C23H16N4O8.K/c28-14-6-1-4-12(10-14)26-20(32)16(18(30)24-22(26)34)8-3-9-17-19(31)25-23(35)27(21(17)33)13-5-2-7-15(29)11-13;/h1-11,28-29,32H,(H,24,30,34)(H,25,31,35);/q;+1/p-1/b8-3+,17-9+;. The van der Waals surface area contributed by atoms with Gasteiger partial charge in [0.05, 0.1) is 11.4 Å². The van der Waals surface area contributed by atoms with Crippen LogP contribution in [0.5, 0.6) is 17.4 Å². The van der Waals surface area contributed by atoms with Crippen molar-refractivity contribution in [2.45, 2.75) is 0 Å². The molecule has 0 aliphatic carbocycles. The third kappa shape index (κ3) is 5.24. The molecule has 2 heterocycles. The first-order chi connectivity index (χ1) is 16.7. The first-order valence-corrected chi connectivity index (χ1v) is 9.90. The molecule has 0 radical (unpaired) electrons. The second kappa shape index (κ2) is 10.9. The molecule has 1 aromatic heterocycles. The van der Waals surface area contributed by atoms with Crippen LogP contribution in [0.1, 0.15) is 5.56 Å². The van der Waals surface area contributed by atoms with Gasteiger partial charge in [0.15, 0.2) is 0 Å². The number of aromatic hydroxyl groups is 2. The van der Waals surface area contributed by atoms with Gasteiger partial charge >= 0.3 is 63.1 Å². The summed E-state index contributed by atoms with van der Waals surface area (Å²) in [5.41, 5.74) is -3.01. The predicted octanol–water partition coefficient (Wildman–Crippen LogP) is -2.76. The van der Waals surface area contributed by atoms with Crippen molar-refractivity contribution in [1.82, 2.24) is 14.9 Å². The third-order valence-electron chi connectivity index (χ3n) is 4.91. The zero-order chi connectivity index (χ0) is 25.3. The molecule has 1 saturated heterocycles. The van der Waals surface area contributed by atoms with Gasteiger partial charge in [0, 0.05) is 17.7 Å². The molecule has 0 spiro atoms. The van der Waals surface area contributed by atoms with E-state index in [2.05, 4.69) is 0 Å². The molecule has 3 aromatic rings. The maximum absolute atomic E-state index is 12.8. The van der Waals surface area contributed by atoms with Gasteiger partial charge in [-0.15, -0.1) is 0 Å². The van der Waals surface area contributed by atoms with Crippen LogP contribution in [0.4, 0.5) is 10.5 Å². The Balaban J connectivity index is 0.00000361. The van der Waals surface area contributed by atoms with Crippen molar-refractivity contribution in [1.29, 1.82) is 0 Å². The van der Waals surface area contributed by atoms with Gasteiger partial charge in [-0.3, -0.25) is 29.3 Å². The van der Waals surface area contributed by atoms with Crippen molar-refractivity contribution in [3.63, 3.8) is 0 Å². The Bertz CT molecular complexity index is 1570. The monoisotopic (exact) mass is 514 g/mol. The molecule has 176 valence electrons. The number of hydrogen-bond donors (Lipinski definition) is 4. The summed E-state index contributed by atoms with van der Waals surface area (Å²) in [6.07, 6.45) is 3.04. The van der Waals surface area contributed by atoms with Crippen LogP contribution in [0, 0.1) is 0 Å². The number of nitrogens with one attached hydrogen (secondary N) is 2. The van der Waals surface area contributed by atoms with Crippen LogP contribution in [0.15, 0.2) is 75.8 Å². The van der Waals surface area contributed by atoms with Crippen LogP contribution < -0.4 is 78.0 Å². The topological polar surface area (TPSA) is 185 Å². The summed E-state index contributed by atoms with van der Waals surface area (Å²) in [4.78, 5) is 64.3. The van der Waals surface area contributed by atoms with Gasteiger partial charge in [0.2, 0.25) is 0 Å². The molecule has 1 aliphatic rings. The summed E-state index contributed by atoms with van der Waals surface area (Å²) < 4.78 is 0.634. The van der Waals surface area contributed by atoms with Crippen molar-refractivity contribution < 1.29 is 81.1 Å². The van der Waals surface area contributed by atoms with Crippen molar-refractivity contribution in [3.8, 4) is 23.1 Å². The molecule has 4 rings (SSSR count). The predicted molar refractivity (Wildman–Crippen MR) is 120 cm³/mol. The number of hydrogen-bond acceptors (Lipinski definition) is 8. The average molecular weight is 514 g/mol.